The molecule has 0 heterocycles. The van der Waals surface area contributed by atoms with E-state index in [0.717, 1.165) is 0 Å². The Balaban J connectivity index is 2.67. The Morgan fingerprint density at radius 1 is 1.35 bits per heavy atom. The summed E-state index contributed by atoms with van der Waals surface area (Å²) < 4.78 is 18.2. The lowest BCUT2D eigenvalue weighted by Crippen LogP contribution is -2.34. The van der Waals surface area contributed by atoms with Crippen LogP contribution >= 0.6 is 0 Å². The number of hydrogen-bond donors (Lipinski definition) is 3. The number of methoxy groups -OCH3 is 1. The number of halogens is 1. The quantitative estimate of drug-likeness (QED) is 0.703. The lowest BCUT2D eigenvalue weighted by molar-refractivity contribution is 0.0806. The first-order valence-corrected chi connectivity index (χ1v) is 5.34. The van der Waals surface area contributed by atoms with Crippen LogP contribution in [0.1, 0.15) is 6.92 Å². The molecule has 0 saturated carbocycles. The Kier molecular flexibility index (Phi) is 4.72. The van der Waals surface area contributed by atoms with Crippen LogP contribution in [0.2, 0.25) is 0 Å². The summed E-state index contributed by atoms with van der Waals surface area (Å²) in [5.74, 6) is -0.269. The van der Waals surface area contributed by atoms with Crippen LogP contribution in [-0.4, -0.2) is 37.1 Å². The maximum absolute atomic E-state index is 13.4. The molecule has 0 unspecified atom stereocenters. The normalized spacial score (nSPS) is 11.4. The molecule has 0 bridgehead atoms. The van der Waals surface area contributed by atoms with Crippen LogP contribution in [0.4, 0.5) is 10.1 Å². The summed E-state index contributed by atoms with van der Waals surface area (Å²) in [7, 11) is 1.40. The van der Waals surface area contributed by atoms with Gasteiger partial charge < -0.3 is 20.3 Å². The van der Waals surface area contributed by atoms with Gasteiger partial charge in [0.05, 0.1) is 20.3 Å². The SMILES string of the molecule is COc1ccc(NCC(C)(CO)CO)cc1F. The van der Waals surface area contributed by atoms with E-state index in [4.69, 9.17) is 14.9 Å². The van der Waals surface area contributed by atoms with Crippen molar-refractivity contribution in [2.45, 2.75) is 6.92 Å². The van der Waals surface area contributed by atoms with Gasteiger partial charge in [-0.1, -0.05) is 6.92 Å². The lowest BCUT2D eigenvalue weighted by Gasteiger charge is -2.25. The molecule has 0 aliphatic carbocycles. The first-order chi connectivity index (χ1) is 8.04. The minimum atomic E-state index is -0.629. The van der Waals surface area contributed by atoms with Gasteiger partial charge in [0.2, 0.25) is 0 Å². The average molecular weight is 243 g/mol. The Morgan fingerprint density at radius 2 is 2.00 bits per heavy atom. The maximum Gasteiger partial charge on any atom is 0.167 e. The van der Waals surface area contributed by atoms with Gasteiger partial charge >= 0.3 is 0 Å². The molecule has 0 atom stereocenters. The number of benzene rings is 1. The van der Waals surface area contributed by atoms with Gasteiger partial charge in [-0.25, -0.2) is 4.39 Å². The number of hydrogen-bond acceptors (Lipinski definition) is 4. The van der Waals surface area contributed by atoms with Crippen molar-refractivity contribution in [2.24, 2.45) is 5.41 Å². The van der Waals surface area contributed by atoms with Gasteiger partial charge in [-0.2, -0.15) is 0 Å². The molecule has 0 fully saturated rings. The van der Waals surface area contributed by atoms with Crippen molar-refractivity contribution in [3.8, 4) is 5.75 Å². The summed E-state index contributed by atoms with van der Waals surface area (Å²) in [6.07, 6.45) is 0. The molecule has 1 aromatic rings. The Morgan fingerprint density at radius 3 is 2.47 bits per heavy atom. The van der Waals surface area contributed by atoms with Gasteiger partial charge in [-0.05, 0) is 12.1 Å². The van der Waals surface area contributed by atoms with Gasteiger partial charge in [0, 0.05) is 23.7 Å². The first-order valence-electron chi connectivity index (χ1n) is 5.34. The molecule has 3 N–H and O–H groups in total. The lowest BCUT2D eigenvalue weighted by atomic mass is 9.93. The van der Waals surface area contributed by atoms with Crippen molar-refractivity contribution < 1.29 is 19.3 Å². The van der Waals surface area contributed by atoms with Gasteiger partial charge in [0.1, 0.15) is 0 Å². The van der Waals surface area contributed by atoms with Crippen LogP contribution in [0, 0.1) is 11.2 Å². The summed E-state index contributed by atoms with van der Waals surface area (Å²) in [6.45, 7) is 1.80. The molecule has 0 aliphatic rings. The van der Waals surface area contributed by atoms with E-state index < -0.39 is 11.2 Å². The van der Waals surface area contributed by atoms with Gasteiger partial charge in [-0.15, -0.1) is 0 Å². The van der Waals surface area contributed by atoms with Gasteiger partial charge in [-0.3, -0.25) is 0 Å². The summed E-state index contributed by atoms with van der Waals surface area (Å²) in [4.78, 5) is 0. The van der Waals surface area contributed by atoms with Crippen LogP contribution < -0.4 is 10.1 Å². The van der Waals surface area contributed by atoms with Gasteiger partial charge in [0.25, 0.3) is 0 Å². The van der Waals surface area contributed by atoms with Crippen molar-refractivity contribution in [2.75, 3.05) is 32.2 Å². The molecule has 96 valence electrons. The number of ether oxygens (including phenoxy) is 1. The number of rotatable bonds is 6. The van der Waals surface area contributed by atoms with E-state index in [1.807, 2.05) is 0 Å². The fourth-order valence-electron chi connectivity index (χ4n) is 1.25. The highest BCUT2D eigenvalue weighted by atomic mass is 19.1. The Hall–Kier alpha value is -1.33. The molecule has 0 amide bonds. The maximum atomic E-state index is 13.4. The second-order valence-corrected chi connectivity index (χ2v) is 4.33. The molecule has 1 aromatic carbocycles. The topological polar surface area (TPSA) is 61.7 Å². The van der Waals surface area contributed by atoms with Crippen LogP contribution in [0.25, 0.3) is 0 Å². The molecule has 4 nitrogen and oxygen atoms in total. The van der Waals surface area contributed by atoms with E-state index in [9.17, 15) is 4.39 Å². The monoisotopic (exact) mass is 243 g/mol. The van der Waals surface area contributed by atoms with Crippen LogP contribution in [0.3, 0.4) is 0 Å². The zero-order chi connectivity index (χ0) is 12.9. The highest BCUT2D eigenvalue weighted by molar-refractivity contribution is 5.47. The summed E-state index contributed by atoms with van der Waals surface area (Å²) in [5, 5.41) is 21.2. The van der Waals surface area contributed by atoms with E-state index in [2.05, 4.69) is 5.32 Å². The van der Waals surface area contributed by atoms with Crippen molar-refractivity contribution in [3.05, 3.63) is 24.0 Å². The molecule has 5 heteroatoms. The van der Waals surface area contributed by atoms with E-state index in [0.29, 0.717) is 12.2 Å². The third kappa shape index (κ3) is 3.57. The van der Waals surface area contributed by atoms with Crippen LogP contribution in [0.5, 0.6) is 5.75 Å². The molecule has 0 radical (unpaired) electrons. The second-order valence-electron chi connectivity index (χ2n) is 4.33. The molecular weight excluding hydrogens is 225 g/mol. The predicted octanol–water partition coefficient (Wildman–Crippen LogP) is 1.24. The van der Waals surface area contributed by atoms with E-state index in [1.165, 1.54) is 19.2 Å². The largest absolute Gasteiger partial charge is 0.494 e. The minimum absolute atomic E-state index is 0.144. The molecule has 0 spiro atoms. The van der Waals surface area contributed by atoms with Crippen molar-refractivity contribution in [3.63, 3.8) is 0 Å². The van der Waals surface area contributed by atoms with Crippen molar-refractivity contribution in [1.29, 1.82) is 0 Å². The van der Waals surface area contributed by atoms with Gasteiger partial charge in [0.15, 0.2) is 11.6 Å². The van der Waals surface area contributed by atoms with Crippen molar-refractivity contribution >= 4 is 5.69 Å². The van der Waals surface area contributed by atoms with Crippen LogP contribution in [0.15, 0.2) is 18.2 Å². The Labute approximate surface area is 100 Å². The molecule has 17 heavy (non-hydrogen) atoms. The number of nitrogens with one attached hydrogen (secondary N) is 1. The molecular formula is C12H18FNO3. The highest BCUT2D eigenvalue weighted by Crippen LogP contribution is 2.22. The fourth-order valence-corrected chi connectivity index (χ4v) is 1.25. The third-order valence-electron chi connectivity index (χ3n) is 2.63. The third-order valence-corrected chi connectivity index (χ3v) is 2.63. The second kappa shape index (κ2) is 5.84. The van der Waals surface area contributed by atoms with Crippen molar-refractivity contribution in [1.82, 2.24) is 0 Å². The average Bonchev–Trinajstić information content (AvgIpc) is 2.36. The summed E-state index contributed by atoms with van der Waals surface area (Å²) in [6, 6.07) is 4.51. The highest BCUT2D eigenvalue weighted by Gasteiger charge is 2.22. The smallest absolute Gasteiger partial charge is 0.167 e. The molecule has 0 aliphatic heterocycles. The zero-order valence-corrected chi connectivity index (χ0v) is 10.0. The number of aliphatic hydroxyl groups is 2. The first kappa shape index (κ1) is 13.7. The zero-order valence-electron chi connectivity index (χ0n) is 10.0. The van der Waals surface area contributed by atoms with Crippen LogP contribution in [-0.2, 0) is 0 Å². The standard InChI is InChI=1S/C12H18FNO3/c1-12(7-15,8-16)6-14-9-3-4-11(17-2)10(13)5-9/h3-5,14-16H,6-8H2,1-2H3. The number of anilines is 1. The minimum Gasteiger partial charge on any atom is -0.494 e. The van der Waals surface area contributed by atoms with E-state index >= 15 is 0 Å². The van der Waals surface area contributed by atoms with E-state index in [1.54, 1.807) is 13.0 Å². The number of aliphatic hydroxyl groups excluding tert-OH is 2. The van der Waals surface area contributed by atoms with E-state index in [-0.39, 0.29) is 19.0 Å². The summed E-state index contributed by atoms with van der Waals surface area (Å²) >= 11 is 0. The fraction of sp³-hybridized carbons (Fsp3) is 0.500. The predicted molar refractivity (Wildman–Crippen MR) is 63.7 cm³/mol. The molecule has 0 saturated heterocycles. The summed E-state index contributed by atoms with van der Waals surface area (Å²) in [5.41, 5.74) is -0.0485. The molecule has 0 aromatic heterocycles. The Bertz CT molecular complexity index is 367. The molecule has 1 rings (SSSR count).